The number of carbonyl (C=O) groups is 3. The van der Waals surface area contributed by atoms with Gasteiger partial charge in [0.25, 0.3) is 5.91 Å². The van der Waals surface area contributed by atoms with Gasteiger partial charge in [-0.2, -0.15) is 0 Å². The van der Waals surface area contributed by atoms with E-state index in [1.54, 1.807) is 54.6 Å². The molecular weight excluding hydrogens is 506 g/mol. The molecule has 0 aromatic heterocycles. The van der Waals surface area contributed by atoms with E-state index in [1.807, 2.05) is 24.3 Å². The molecule has 1 fully saturated rings. The fourth-order valence-electron chi connectivity index (χ4n) is 4.79. The van der Waals surface area contributed by atoms with Crippen LogP contribution in [0.2, 0.25) is 0 Å². The van der Waals surface area contributed by atoms with Crippen LogP contribution in [-0.4, -0.2) is 40.1 Å². The molecule has 0 bridgehead atoms. The van der Waals surface area contributed by atoms with E-state index in [0.717, 1.165) is 19.3 Å². The molecule has 0 unspecified atom stereocenters. The van der Waals surface area contributed by atoms with E-state index >= 15 is 0 Å². The Hall–Kier alpha value is -3.55. The predicted octanol–water partition coefficient (Wildman–Crippen LogP) is 6.02. The molecule has 2 aromatic rings. The van der Waals surface area contributed by atoms with Crippen molar-refractivity contribution in [1.29, 1.82) is 0 Å². The topological polar surface area (TPSA) is 113 Å². The average Bonchev–Trinajstić information content (AvgIpc) is 3.22. The summed E-state index contributed by atoms with van der Waals surface area (Å²) in [7, 11) is 0. The molecule has 0 spiro atoms. The van der Waals surface area contributed by atoms with Gasteiger partial charge >= 0.3 is 5.97 Å². The van der Waals surface area contributed by atoms with Crippen molar-refractivity contribution in [3.05, 3.63) is 84.5 Å². The van der Waals surface area contributed by atoms with Gasteiger partial charge in [0, 0.05) is 35.9 Å². The minimum absolute atomic E-state index is 0.0431. The van der Waals surface area contributed by atoms with Crippen molar-refractivity contribution in [2.45, 2.75) is 76.9 Å². The number of benzene rings is 2. The second kappa shape index (κ2) is 16.5. The van der Waals surface area contributed by atoms with E-state index < -0.39 is 12.2 Å². The highest BCUT2D eigenvalue weighted by atomic mass is 16.5. The number of aliphatic hydroxyl groups is 2. The van der Waals surface area contributed by atoms with Crippen LogP contribution in [-0.2, 0) is 9.59 Å². The first-order chi connectivity index (χ1) is 19.4. The summed E-state index contributed by atoms with van der Waals surface area (Å²) in [5, 5.41) is 23.3. The van der Waals surface area contributed by atoms with Gasteiger partial charge in [-0.25, -0.2) is 0 Å². The minimum atomic E-state index is -0.714. The highest BCUT2D eigenvalue weighted by molar-refractivity contribution is 6.04. The lowest BCUT2D eigenvalue weighted by Gasteiger charge is -2.16. The molecule has 4 atom stereocenters. The molecule has 1 saturated carbocycles. The number of rotatable bonds is 15. The lowest BCUT2D eigenvalue weighted by Crippen LogP contribution is -2.18. The zero-order valence-electron chi connectivity index (χ0n) is 23.2. The van der Waals surface area contributed by atoms with Crippen molar-refractivity contribution in [1.82, 2.24) is 0 Å². The van der Waals surface area contributed by atoms with Crippen LogP contribution in [0.3, 0.4) is 0 Å². The summed E-state index contributed by atoms with van der Waals surface area (Å²) in [4.78, 5) is 36.9. The van der Waals surface area contributed by atoms with Crippen molar-refractivity contribution in [2.24, 2.45) is 11.8 Å². The van der Waals surface area contributed by atoms with Gasteiger partial charge in [-0.05, 0) is 62.1 Å². The molecule has 2 aromatic carbocycles. The number of hydrogen-bond acceptors (Lipinski definition) is 6. The predicted molar refractivity (Wildman–Crippen MR) is 156 cm³/mol. The maximum absolute atomic E-state index is 12.4. The molecule has 0 aliphatic heterocycles. The largest absolute Gasteiger partial charge is 0.427 e. The number of amides is 1. The molecular formula is C33H41NO6. The molecule has 1 aliphatic rings. The van der Waals surface area contributed by atoms with Gasteiger partial charge < -0.3 is 20.3 Å². The molecule has 1 amide bonds. The summed E-state index contributed by atoms with van der Waals surface area (Å²) >= 11 is 0. The van der Waals surface area contributed by atoms with Crippen LogP contribution < -0.4 is 10.1 Å². The first-order valence-corrected chi connectivity index (χ1v) is 14.3. The number of unbranched alkanes of at least 4 members (excludes halogenated alkanes) is 3. The Balaban J connectivity index is 1.36. The van der Waals surface area contributed by atoms with Crippen molar-refractivity contribution in [3.63, 3.8) is 0 Å². The number of hydrogen-bond donors (Lipinski definition) is 3. The molecule has 40 heavy (non-hydrogen) atoms. The number of esters is 1. The summed E-state index contributed by atoms with van der Waals surface area (Å²) in [6, 6.07) is 15.6. The molecule has 0 saturated heterocycles. The number of allylic oxidation sites excluding steroid dienone is 2. The zero-order chi connectivity index (χ0) is 28.7. The average molecular weight is 548 g/mol. The SMILES string of the molecule is CCCCC[C@H](O)C=C[C@H]1[C@H](O)CC(=O)[C@@H]1CC=CCCCC(=O)Oc1ccc(NC(=O)c2ccccc2)cc1. The van der Waals surface area contributed by atoms with Crippen LogP contribution in [0.1, 0.15) is 75.1 Å². The summed E-state index contributed by atoms with van der Waals surface area (Å²) in [5.41, 5.74) is 1.16. The standard InChI is InChI=1S/C33H41NO6/c1-2-3-7-14-26(35)19-22-29-28(30(36)23-31(29)37)15-10-4-5-11-16-32(38)40-27-20-17-25(18-21-27)34-33(39)24-12-8-6-9-13-24/h4,6,8-10,12-13,17-22,26,28-29,31,35,37H,2-3,5,7,11,14-16,23H2,1H3,(H,34,39)/t26-,28+,29+,31+/m0/s1. The lowest BCUT2D eigenvalue weighted by atomic mass is 9.90. The van der Waals surface area contributed by atoms with E-state index in [4.69, 9.17) is 4.74 Å². The molecule has 0 radical (unpaired) electrons. The molecule has 7 nitrogen and oxygen atoms in total. The molecule has 1 aliphatic carbocycles. The molecule has 214 valence electrons. The van der Waals surface area contributed by atoms with E-state index in [1.165, 1.54) is 0 Å². The zero-order valence-corrected chi connectivity index (χ0v) is 23.2. The minimum Gasteiger partial charge on any atom is -0.427 e. The second-order valence-corrected chi connectivity index (χ2v) is 10.3. The van der Waals surface area contributed by atoms with E-state index in [9.17, 15) is 24.6 Å². The second-order valence-electron chi connectivity index (χ2n) is 10.3. The highest BCUT2D eigenvalue weighted by Crippen LogP contribution is 2.33. The number of nitrogens with one attached hydrogen (secondary N) is 1. The summed E-state index contributed by atoms with van der Waals surface area (Å²) < 4.78 is 5.39. The highest BCUT2D eigenvalue weighted by Gasteiger charge is 2.39. The maximum atomic E-state index is 12.4. The molecule has 0 heterocycles. The fraction of sp³-hybridized carbons (Fsp3) is 0.424. The Morgan fingerprint density at radius 2 is 1.80 bits per heavy atom. The van der Waals surface area contributed by atoms with Crippen LogP contribution in [0.4, 0.5) is 5.69 Å². The smallest absolute Gasteiger partial charge is 0.311 e. The first-order valence-electron chi connectivity index (χ1n) is 14.3. The Morgan fingerprint density at radius 3 is 2.52 bits per heavy atom. The quantitative estimate of drug-likeness (QED) is 0.109. The van der Waals surface area contributed by atoms with Gasteiger partial charge in [0.05, 0.1) is 12.2 Å². The third-order valence-corrected chi connectivity index (χ3v) is 7.08. The van der Waals surface area contributed by atoms with Gasteiger partial charge in [-0.3, -0.25) is 14.4 Å². The summed E-state index contributed by atoms with van der Waals surface area (Å²) in [6.45, 7) is 2.12. The van der Waals surface area contributed by atoms with Crippen molar-refractivity contribution in [3.8, 4) is 5.75 Å². The van der Waals surface area contributed by atoms with Crippen molar-refractivity contribution in [2.75, 3.05) is 5.32 Å². The Bertz CT molecular complexity index is 1140. The van der Waals surface area contributed by atoms with Crippen LogP contribution in [0.25, 0.3) is 0 Å². The number of ether oxygens (including phenoxy) is 1. The van der Waals surface area contributed by atoms with Gasteiger partial charge in [0.15, 0.2) is 0 Å². The van der Waals surface area contributed by atoms with Gasteiger partial charge in [-0.15, -0.1) is 0 Å². The Kier molecular flexibility index (Phi) is 12.8. The van der Waals surface area contributed by atoms with Crippen molar-refractivity contribution < 1.29 is 29.3 Å². The Labute approximate surface area is 237 Å². The van der Waals surface area contributed by atoms with Gasteiger partial charge in [-0.1, -0.05) is 68.7 Å². The summed E-state index contributed by atoms with van der Waals surface area (Å²) in [5.74, 6) is -0.684. The molecule has 7 heteroatoms. The first kappa shape index (κ1) is 31.0. The number of Topliss-reactive ketones (excluding diaryl/α,β-unsaturated/α-hetero) is 1. The third kappa shape index (κ3) is 10.2. The lowest BCUT2D eigenvalue weighted by molar-refractivity contribution is -0.134. The fourth-order valence-corrected chi connectivity index (χ4v) is 4.79. The van der Waals surface area contributed by atoms with E-state index in [-0.39, 0.29) is 42.3 Å². The number of carbonyl (C=O) groups excluding carboxylic acids is 3. The van der Waals surface area contributed by atoms with E-state index in [2.05, 4.69) is 12.2 Å². The monoisotopic (exact) mass is 547 g/mol. The molecule has 3 rings (SSSR count). The number of ketones is 1. The molecule has 3 N–H and O–H groups in total. The summed E-state index contributed by atoms with van der Waals surface area (Å²) in [6.07, 6.45) is 12.1. The van der Waals surface area contributed by atoms with Crippen LogP contribution in [0, 0.1) is 11.8 Å². The number of anilines is 1. The normalized spacial score (nSPS) is 19.8. The maximum Gasteiger partial charge on any atom is 0.311 e. The number of aliphatic hydroxyl groups excluding tert-OH is 2. The van der Waals surface area contributed by atoms with Crippen molar-refractivity contribution >= 4 is 23.3 Å². The van der Waals surface area contributed by atoms with Crippen LogP contribution >= 0.6 is 0 Å². The van der Waals surface area contributed by atoms with E-state index in [0.29, 0.717) is 42.7 Å². The third-order valence-electron chi connectivity index (χ3n) is 7.08. The van der Waals surface area contributed by atoms with Crippen LogP contribution in [0.5, 0.6) is 5.75 Å². The van der Waals surface area contributed by atoms with Crippen LogP contribution in [0.15, 0.2) is 78.9 Å². The van der Waals surface area contributed by atoms with Gasteiger partial charge in [0.1, 0.15) is 11.5 Å². The van der Waals surface area contributed by atoms with Gasteiger partial charge in [0.2, 0.25) is 0 Å². The Morgan fingerprint density at radius 1 is 1.05 bits per heavy atom.